The van der Waals surface area contributed by atoms with E-state index in [1.807, 2.05) is 31.2 Å². The van der Waals surface area contributed by atoms with Crippen molar-refractivity contribution < 1.29 is 9.90 Å². The van der Waals surface area contributed by atoms with Crippen LogP contribution in [0.2, 0.25) is 0 Å². The molecule has 0 radical (unpaired) electrons. The van der Waals surface area contributed by atoms with E-state index < -0.39 is 0 Å². The van der Waals surface area contributed by atoms with Crippen molar-refractivity contribution >= 4 is 16.7 Å². The second-order valence-corrected chi connectivity index (χ2v) is 3.94. The molecule has 0 aliphatic heterocycles. The van der Waals surface area contributed by atoms with Gasteiger partial charge < -0.3 is 10.4 Å². The number of benzene rings is 2. The summed E-state index contributed by atoms with van der Waals surface area (Å²) in [6.07, 6.45) is 0.872. The van der Waals surface area contributed by atoms with E-state index in [-0.39, 0.29) is 11.7 Å². The topological polar surface area (TPSA) is 49.3 Å². The first-order valence-corrected chi connectivity index (χ1v) is 5.73. The summed E-state index contributed by atoms with van der Waals surface area (Å²) in [5.74, 6) is -0.196. The lowest BCUT2D eigenvalue weighted by molar-refractivity contribution is 0.0953. The summed E-state index contributed by atoms with van der Waals surface area (Å²) < 4.78 is 0. The van der Waals surface area contributed by atoms with Crippen LogP contribution in [0.1, 0.15) is 23.7 Å². The number of hydrogen-bond donors (Lipinski definition) is 2. The van der Waals surface area contributed by atoms with E-state index in [9.17, 15) is 9.90 Å². The predicted molar refractivity (Wildman–Crippen MR) is 68.2 cm³/mol. The molecule has 0 aromatic heterocycles. The highest BCUT2D eigenvalue weighted by molar-refractivity contribution is 6.09. The molecular formula is C14H15NO2. The van der Waals surface area contributed by atoms with Gasteiger partial charge in [0.05, 0.1) is 5.56 Å². The number of fused-ring (bicyclic) bond motifs is 1. The van der Waals surface area contributed by atoms with Crippen LogP contribution in [-0.2, 0) is 0 Å². The monoisotopic (exact) mass is 229 g/mol. The number of phenolic OH excluding ortho intramolecular Hbond substituents is 1. The Labute approximate surface area is 100 Å². The van der Waals surface area contributed by atoms with Crippen molar-refractivity contribution in [3.8, 4) is 5.75 Å². The van der Waals surface area contributed by atoms with Crippen molar-refractivity contribution in [1.82, 2.24) is 5.32 Å². The van der Waals surface area contributed by atoms with Crippen LogP contribution in [0.4, 0.5) is 0 Å². The second-order valence-electron chi connectivity index (χ2n) is 3.94. The molecule has 0 saturated carbocycles. The zero-order valence-corrected chi connectivity index (χ0v) is 9.73. The summed E-state index contributed by atoms with van der Waals surface area (Å²) >= 11 is 0. The maximum Gasteiger partial charge on any atom is 0.255 e. The number of phenols is 1. The van der Waals surface area contributed by atoms with Crippen LogP contribution in [0.25, 0.3) is 10.8 Å². The Morgan fingerprint density at radius 3 is 2.76 bits per heavy atom. The van der Waals surface area contributed by atoms with Crippen LogP contribution in [0, 0.1) is 0 Å². The standard InChI is InChI=1S/C14H15NO2/c1-2-9-15-14(17)13-11-6-4-3-5-10(11)7-8-12(13)16/h3-8,16H,2,9H2,1H3,(H,15,17). The summed E-state index contributed by atoms with van der Waals surface area (Å²) in [5.41, 5.74) is 0.358. The third-order valence-electron chi connectivity index (χ3n) is 2.67. The Morgan fingerprint density at radius 1 is 1.24 bits per heavy atom. The van der Waals surface area contributed by atoms with Gasteiger partial charge in [0.15, 0.2) is 0 Å². The van der Waals surface area contributed by atoms with E-state index >= 15 is 0 Å². The lowest BCUT2D eigenvalue weighted by atomic mass is 10.0. The molecule has 0 aliphatic carbocycles. The molecule has 88 valence electrons. The van der Waals surface area contributed by atoms with E-state index in [1.54, 1.807) is 12.1 Å². The molecule has 0 aliphatic rings. The van der Waals surface area contributed by atoms with Crippen molar-refractivity contribution in [1.29, 1.82) is 0 Å². The highest BCUT2D eigenvalue weighted by atomic mass is 16.3. The molecule has 0 heterocycles. The molecule has 0 unspecified atom stereocenters. The van der Waals surface area contributed by atoms with Crippen molar-refractivity contribution in [2.75, 3.05) is 6.54 Å². The first kappa shape index (κ1) is 11.5. The summed E-state index contributed by atoms with van der Waals surface area (Å²) in [6, 6.07) is 10.9. The molecule has 2 aromatic rings. The molecule has 1 amide bonds. The Bertz CT molecular complexity index is 549. The first-order valence-electron chi connectivity index (χ1n) is 5.73. The fraction of sp³-hybridized carbons (Fsp3) is 0.214. The van der Waals surface area contributed by atoms with Crippen LogP contribution < -0.4 is 5.32 Å². The van der Waals surface area contributed by atoms with E-state index in [2.05, 4.69) is 5.32 Å². The minimum Gasteiger partial charge on any atom is -0.507 e. The molecule has 3 nitrogen and oxygen atoms in total. The third-order valence-corrected chi connectivity index (χ3v) is 2.67. The largest absolute Gasteiger partial charge is 0.507 e. The molecule has 0 atom stereocenters. The van der Waals surface area contributed by atoms with Gasteiger partial charge in [-0.25, -0.2) is 0 Å². The summed E-state index contributed by atoms with van der Waals surface area (Å²) in [6.45, 7) is 2.60. The van der Waals surface area contributed by atoms with Crippen molar-refractivity contribution in [2.45, 2.75) is 13.3 Å². The third kappa shape index (κ3) is 2.23. The zero-order valence-electron chi connectivity index (χ0n) is 9.73. The van der Waals surface area contributed by atoms with Gasteiger partial charge in [-0.3, -0.25) is 4.79 Å². The van der Waals surface area contributed by atoms with E-state index in [0.29, 0.717) is 12.1 Å². The summed E-state index contributed by atoms with van der Waals surface area (Å²) in [7, 11) is 0. The van der Waals surface area contributed by atoms with Crippen LogP contribution in [-0.4, -0.2) is 17.6 Å². The van der Waals surface area contributed by atoms with Crippen LogP contribution in [0.15, 0.2) is 36.4 Å². The Kier molecular flexibility index (Phi) is 3.28. The Balaban J connectivity index is 2.51. The maximum absolute atomic E-state index is 12.0. The highest BCUT2D eigenvalue weighted by Gasteiger charge is 2.14. The molecule has 0 bridgehead atoms. The number of carbonyl (C=O) groups excluding carboxylic acids is 1. The second kappa shape index (κ2) is 4.87. The molecule has 3 heteroatoms. The summed E-state index contributed by atoms with van der Waals surface area (Å²) in [5, 5.41) is 14.3. The van der Waals surface area contributed by atoms with Gasteiger partial charge in [0.2, 0.25) is 0 Å². The van der Waals surface area contributed by atoms with E-state index in [4.69, 9.17) is 0 Å². The van der Waals surface area contributed by atoms with Gasteiger partial charge in [0, 0.05) is 6.54 Å². The van der Waals surface area contributed by atoms with Gasteiger partial charge in [-0.1, -0.05) is 37.3 Å². The lowest BCUT2D eigenvalue weighted by Gasteiger charge is -2.09. The molecule has 0 fully saturated rings. The number of nitrogens with one attached hydrogen (secondary N) is 1. The first-order chi connectivity index (χ1) is 8.24. The van der Waals surface area contributed by atoms with Crippen molar-refractivity contribution in [3.63, 3.8) is 0 Å². The van der Waals surface area contributed by atoms with E-state index in [1.165, 1.54) is 0 Å². The molecule has 2 N–H and O–H groups in total. The van der Waals surface area contributed by atoms with Crippen LogP contribution in [0.3, 0.4) is 0 Å². The van der Waals surface area contributed by atoms with Crippen molar-refractivity contribution in [3.05, 3.63) is 42.0 Å². The lowest BCUT2D eigenvalue weighted by Crippen LogP contribution is -2.24. The quantitative estimate of drug-likeness (QED) is 0.850. The molecular weight excluding hydrogens is 214 g/mol. The average molecular weight is 229 g/mol. The molecule has 2 aromatic carbocycles. The van der Waals surface area contributed by atoms with Gasteiger partial charge in [-0.2, -0.15) is 0 Å². The fourth-order valence-corrected chi connectivity index (χ4v) is 1.83. The summed E-state index contributed by atoms with van der Waals surface area (Å²) in [4.78, 5) is 12.0. The number of amides is 1. The van der Waals surface area contributed by atoms with Gasteiger partial charge >= 0.3 is 0 Å². The molecule has 0 spiro atoms. The number of carbonyl (C=O) groups is 1. The number of aromatic hydroxyl groups is 1. The highest BCUT2D eigenvalue weighted by Crippen LogP contribution is 2.26. The van der Waals surface area contributed by atoms with Gasteiger partial charge in [-0.15, -0.1) is 0 Å². The predicted octanol–water partition coefficient (Wildman–Crippen LogP) is 2.69. The number of hydrogen-bond acceptors (Lipinski definition) is 2. The maximum atomic E-state index is 12.0. The Morgan fingerprint density at radius 2 is 2.00 bits per heavy atom. The van der Waals surface area contributed by atoms with Crippen molar-refractivity contribution in [2.24, 2.45) is 0 Å². The number of rotatable bonds is 3. The van der Waals surface area contributed by atoms with E-state index in [0.717, 1.165) is 17.2 Å². The average Bonchev–Trinajstić information content (AvgIpc) is 2.35. The minimum atomic E-state index is -0.221. The molecule has 0 saturated heterocycles. The normalized spacial score (nSPS) is 10.4. The Hall–Kier alpha value is -2.03. The van der Waals surface area contributed by atoms with Crippen LogP contribution >= 0.6 is 0 Å². The van der Waals surface area contributed by atoms with Gasteiger partial charge in [-0.05, 0) is 23.3 Å². The SMILES string of the molecule is CCCNC(=O)c1c(O)ccc2ccccc12. The fourth-order valence-electron chi connectivity index (χ4n) is 1.83. The van der Waals surface area contributed by atoms with Gasteiger partial charge in [0.25, 0.3) is 5.91 Å². The zero-order chi connectivity index (χ0) is 12.3. The molecule has 2 rings (SSSR count). The van der Waals surface area contributed by atoms with Crippen LogP contribution in [0.5, 0.6) is 5.75 Å². The smallest absolute Gasteiger partial charge is 0.255 e. The minimum absolute atomic E-state index is 0.0253. The molecule has 17 heavy (non-hydrogen) atoms. The van der Waals surface area contributed by atoms with Gasteiger partial charge in [0.1, 0.15) is 5.75 Å².